The molecule has 0 aliphatic heterocycles. The number of amides is 1. The van der Waals surface area contributed by atoms with Gasteiger partial charge < -0.3 is 14.6 Å². The second kappa shape index (κ2) is 10.8. The van der Waals surface area contributed by atoms with Crippen LogP contribution in [-0.2, 0) is 13.0 Å². The van der Waals surface area contributed by atoms with E-state index in [1.165, 1.54) is 0 Å². The Morgan fingerprint density at radius 3 is 2.62 bits per heavy atom. The molecule has 3 aromatic carbocycles. The maximum absolute atomic E-state index is 12.8. The number of imidazole rings is 1. The van der Waals surface area contributed by atoms with E-state index < -0.39 is 0 Å². The van der Waals surface area contributed by atoms with E-state index in [1.807, 2.05) is 80.6 Å². The monoisotopic (exact) mass is 453 g/mol. The van der Waals surface area contributed by atoms with Crippen molar-refractivity contribution in [3.8, 4) is 5.75 Å². The van der Waals surface area contributed by atoms with E-state index >= 15 is 0 Å². The SMILES string of the molecule is C=CCc1ccccc1OCCCn1c(C(C)NC(=O)c2ccc(C)cc2)nc2ccccc21. The molecule has 1 amide bonds. The van der Waals surface area contributed by atoms with Gasteiger partial charge in [0.15, 0.2) is 0 Å². The number of hydrogen-bond acceptors (Lipinski definition) is 3. The molecule has 0 saturated heterocycles. The zero-order chi connectivity index (χ0) is 23.9. The number of aryl methyl sites for hydroxylation is 2. The Hall–Kier alpha value is -3.86. The van der Waals surface area contributed by atoms with Gasteiger partial charge in [0, 0.05) is 12.1 Å². The van der Waals surface area contributed by atoms with E-state index in [0.29, 0.717) is 12.2 Å². The van der Waals surface area contributed by atoms with E-state index in [1.54, 1.807) is 0 Å². The number of nitrogens with one attached hydrogen (secondary N) is 1. The van der Waals surface area contributed by atoms with Gasteiger partial charge in [0.05, 0.1) is 23.7 Å². The minimum Gasteiger partial charge on any atom is -0.493 e. The van der Waals surface area contributed by atoms with Crippen LogP contribution < -0.4 is 10.1 Å². The smallest absolute Gasteiger partial charge is 0.251 e. The van der Waals surface area contributed by atoms with Gasteiger partial charge in [0.1, 0.15) is 11.6 Å². The summed E-state index contributed by atoms with van der Waals surface area (Å²) < 4.78 is 8.27. The molecule has 0 saturated carbocycles. The Morgan fingerprint density at radius 1 is 1.09 bits per heavy atom. The van der Waals surface area contributed by atoms with Gasteiger partial charge in [-0.05, 0) is 62.6 Å². The molecule has 0 spiro atoms. The number of fused-ring (bicyclic) bond motifs is 1. The van der Waals surface area contributed by atoms with Gasteiger partial charge in [-0.25, -0.2) is 4.98 Å². The predicted molar refractivity (Wildman–Crippen MR) is 137 cm³/mol. The molecule has 4 rings (SSSR count). The number of benzene rings is 3. The van der Waals surface area contributed by atoms with Crippen LogP contribution in [0, 0.1) is 6.92 Å². The first-order chi connectivity index (χ1) is 16.6. The Bertz CT molecular complexity index is 1270. The summed E-state index contributed by atoms with van der Waals surface area (Å²) in [6.45, 7) is 9.14. The van der Waals surface area contributed by atoms with Crippen LogP contribution in [0.15, 0.2) is 85.5 Å². The molecule has 0 aliphatic rings. The number of aromatic nitrogens is 2. The van der Waals surface area contributed by atoms with Gasteiger partial charge in [0.25, 0.3) is 5.91 Å². The quantitative estimate of drug-likeness (QED) is 0.235. The molecule has 1 unspecified atom stereocenters. The second-order valence-electron chi connectivity index (χ2n) is 8.47. The largest absolute Gasteiger partial charge is 0.493 e. The molecular formula is C29H31N3O2. The molecule has 0 aliphatic carbocycles. The topological polar surface area (TPSA) is 56.1 Å². The van der Waals surface area contributed by atoms with Crippen LogP contribution in [0.2, 0.25) is 0 Å². The molecule has 0 bridgehead atoms. The highest BCUT2D eigenvalue weighted by atomic mass is 16.5. The van der Waals surface area contributed by atoms with E-state index in [-0.39, 0.29) is 11.9 Å². The van der Waals surface area contributed by atoms with Crippen molar-refractivity contribution in [1.29, 1.82) is 0 Å². The fraction of sp³-hybridized carbons (Fsp3) is 0.241. The van der Waals surface area contributed by atoms with Gasteiger partial charge in [-0.1, -0.05) is 54.1 Å². The summed E-state index contributed by atoms with van der Waals surface area (Å²) in [7, 11) is 0. The lowest BCUT2D eigenvalue weighted by Gasteiger charge is -2.17. The summed E-state index contributed by atoms with van der Waals surface area (Å²) in [5.41, 5.74) is 4.89. The van der Waals surface area contributed by atoms with Gasteiger partial charge in [0.2, 0.25) is 0 Å². The van der Waals surface area contributed by atoms with Crippen molar-refractivity contribution >= 4 is 16.9 Å². The number of hydrogen-bond donors (Lipinski definition) is 1. The predicted octanol–water partition coefficient (Wildman–Crippen LogP) is 6.03. The molecule has 1 aromatic heterocycles. The molecule has 4 aromatic rings. The fourth-order valence-electron chi connectivity index (χ4n) is 4.08. The minimum absolute atomic E-state index is 0.103. The third-order valence-corrected chi connectivity index (χ3v) is 5.85. The Balaban J connectivity index is 1.47. The summed E-state index contributed by atoms with van der Waals surface area (Å²) >= 11 is 0. The van der Waals surface area contributed by atoms with Crippen LogP contribution in [0.1, 0.15) is 46.7 Å². The van der Waals surface area contributed by atoms with Crippen molar-refractivity contribution in [2.45, 2.75) is 39.3 Å². The number of rotatable bonds is 10. The Labute approximate surface area is 201 Å². The lowest BCUT2D eigenvalue weighted by atomic mass is 10.1. The van der Waals surface area contributed by atoms with E-state index in [9.17, 15) is 4.79 Å². The molecule has 174 valence electrons. The highest BCUT2D eigenvalue weighted by Crippen LogP contribution is 2.23. The number of nitrogens with zero attached hydrogens (tertiary/aromatic N) is 2. The zero-order valence-electron chi connectivity index (χ0n) is 19.8. The van der Waals surface area contributed by atoms with Gasteiger partial charge >= 0.3 is 0 Å². The van der Waals surface area contributed by atoms with Gasteiger partial charge in [-0.2, -0.15) is 0 Å². The van der Waals surface area contributed by atoms with Crippen molar-refractivity contribution in [1.82, 2.24) is 14.9 Å². The number of carbonyl (C=O) groups excluding carboxylic acids is 1. The Kier molecular flexibility index (Phi) is 7.43. The van der Waals surface area contributed by atoms with Crippen LogP contribution in [0.25, 0.3) is 11.0 Å². The van der Waals surface area contributed by atoms with Crippen LogP contribution in [0.3, 0.4) is 0 Å². The lowest BCUT2D eigenvalue weighted by Crippen LogP contribution is -2.28. The van der Waals surface area contributed by atoms with Crippen molar-refractivity contribution < 1.29 is 9.53 Å². The maximum Gasteiger partial charge on any atom is 0.251 e. The van der Waals surface area contributed by atoms with E-state index in [4.69, 9.17) is 9.72 Å². The zero-order valence-corrected chi connectivity index (χ0v) is 19.8. The van der Waals surface area contributed by atoms with Crippen LogP contribution >= 0.6 is 0 Å². The molecule has 0 fully saturated rings. The summed E-state index contributed by atoms with van der Waals surface area (Å²) in [5.74, 6) is 1.64. The average molecular weight is 454 g/mol. The highest BCUT2D eigenvalue weighted by Gasteiger charge is 2.19. The fourth-order valence-corrected chi connectivity index (χ4v) is 4.08. The first kappa shape index (κ1) is 23.3. The second-order valence-corrected chi connectivity index (χ2v) is 8.47. The lowest BCUT2D eigenvalue weighted by molar-refractivity contribution is 0.0937. The van der Waals surface area contributed by atoms with Gasteiger partial charge in [-0.3, -0.25) is 4.79 Å². The molecule has 34 heavy (non-hydrogen) atoms. The maximum atomic E-state index is 12.8. The third-order valence-electron chi connectivity index (χ3n) is 5.85. The average Bonchev–Trinajstić information content (AvgIpc) is 3.22. The van der Waals surface area contributed by atoms with E-state index in [0.717, 1.165) is 53.1 Å². The summed E-state index contributed by atoms with van der Waals surface area (Å²) in [5, 5.41) is 3.11. The molecule has 1 heterocycles. The standard InChI is InChI=1S/C29H31N3O2/c1-4-10-23-11-5-8-14-27(23)34-20-9-19-32-26-13-7-6-12-25(26)31-28(32)22(3)30-29(33)24-17-15-21(2)16-18-24/h4-8,11-18,22H,1,9-10,19-20H2,2-3H3,(H,30,33). The summed E-state index contributed by atoms with van der Waals surface area (Å²) in [6.07, 6.45) is 3.48. The molecule has 5 nitrogen and oxygen atoms in total. The molecule has 5 heteroatoms. The highest BCUT2D eigenvalue weighted by molar-refractivity contribution is 5.94. The third kappa shape index (κ3) is 5.37. The molecule has 1 atom stereocenters. The number of para-hydroxylation sites is 3. The van der Waals surface area contributed by atoms with Crippen molar-refractivity contribution in [3.63, 3.8) is 0 Å². The number of allylic oxidation sites excluding steroid dienone is 1. The molecule has 1 N–H and O–H groups in total. The normalized spacial score (nSPS) is 11.8. The van der Waals surface area contributed by atoms with Crippen LogP contribution in [0.5, 0.6) is 5.75 Å². The van der Waals surface area contributed by atoms with Crippen LogP contribution in [0.4, 0.5) is 0 Å². The number of carbonyl (C=O) groups is 1. The first-order valence-corrected chi connectivity index (χ1v) is 11.7. The minimum atomic E-state index is -0.240. The number of ether oxygens (including phenoxy) is 1. The van der Waals surface area contributed by atoms with Crippen molar-refractivity contribution in [2.24, 2.45) is 0 Å². The van der Waals surface area contributed by atoms with Crippen molar-refractivity contribution in [3.05, 3.63) is 108 Å². The van der Waals surface area contributed by atoms with Crippen molar-refractivity contribution in [2.75, 3.05) is 6.61 Å². The Morgan fingerprint density at radius 2 is 1.82 bits per heavy atom. The summed E-state index contributed by atoms with van der Waals surface area (Å²) in [6, 6.07) is 23.5. The van der Waals surface area contributed by atoms with Crippen LogP contribution in [-0.4, -0.2) is 22.1 Å². The molecular weight excluding hydrogens is 422 g/mol. The molecule has 0 radical (unpaired) electrons. The first-order valence-electron chi connectivity index (χ1n) is 11.7. The van der Waals surface area contributed by atoms with Gasteiger partial charge in [-0.15, -0.1) is 6.58 Å². The summed E-state index contributed by atoms with van der Waals surface area (Å²) in [4.78, 5) is 17.6. The van der Waals surface area contributed by atoms with E-state index in [2.05, 4.69) is 28.6 Å².